The molecule has 7 atom stereocenters. The Morgan fingerprint density at radius 2 is 1.33 bits per heavy atom. The van der Waals surface area contributed by atoms with E-state index in [9.17, 15) is 34.4 Å². The summed E-state index contributed by atoms with van der Waals surface area (Å²) in [6, 6.07) is 0. The van der Waals surface area contributed by atoms with E-state index in [4.69, 9.17) is 18.5 Å². The Hall–Kier alpha value is -2.93. The number of carbonyl (C=O) groups excluding carboxylic acids is 2. The fraction of sp³-hybridized carbons (Fsp3) is 0.667. The van der Waals surface area contributed by atoms with E-state index in [1.165, 1.54) is 0 Å². The van der Waals surface area contributed by atoms with Crippen LogP contribution in [0.25, 0.3) is 0 Å². The van der Waals surface area contributed by atoms with Crippen molar-refractivity contribution in [3.8, 4) is 0 Å². The number of carbonyl (C=O) groups is 2. The Kier molecular flexibility index (Phi) is 31.8. The molecule has 1 saturated carbocycles. The normalized spacial score (nSPS) is 21.0. The Labute approximate surface area is 368 Å². The minimum Gasteiger partial charge on any atom is -0.756 e. The molecule has 0 radical (unpaired) electrons. The number of nitrogens with zero attached hydrogens (tertiary/aromatic N) is 1. The predicted molar refractivity (Wildman–Crippen MR) is 242 cm³/mol. The summed E-state index contributed by atoms with van der Waals surface area (Å²) in [5.41, 5.74) is 0. The van der Waals surface area contributed by atoms with Gasteiger partial charge in [-0.05, 0) is 76.5 Å². The molecule has 1 fully saturated rings. The van der Waals surface area contributed by atoms with Gasteiger partial charge in [-0.2, -0.15) is 0 Å². The van der Waals surface area contributed by atoms with Crippen LogP contribution in [-0.4, -0.2) is 104 Å². The molecule has 1 unspecified atom stereocenters. The molecule has 0 aromatic carbocycles. The lowest BCUT2D eigenvalue weighted by Gasteiger charge is -2.28. The van der Waals surface area contributed by atoms with Crippen LogP contribution in [-0.2, 0) is 32.7 Å². The summed E-state index contributed by atoms with van der Waals surface area (Å²) in [6.07, 6.45) is 37.2. The van der Waals surface area contributed by atoms with Crippen LogP contribution in [0.4, 0.5) is 0 Å². The molecule has 0 spiro atoms. The molecule has 0 saturated heterocycles. The highest BCUT2D eigenvalue weighted by Gasteiger charge is 2.39. The Bertz CT molecular complexity index is 1430. The van der Waals surface area contributed by atoms with Gasteiger partial charge in [0.1, 0.15) is 19.8 Å². The Morgan fingerprint density at radius 3 is 1.92 bits per heavy atom. The fourth-order valence-corrected chi connectivity index (χ4v) is 7.12. The van der Waals surface area contributed by atoms with Crippen molar-refractivity contribution in [2.45, 2.75) is 147 Å². The number of quaternary nitrogens is 1. The first-order valence-electron chi connectivity index (χ1n) is 22.6. The lowest BCUT2D eigenvalue weighted by atomic mass is 9.89. The highest BCUT2D eigenvalue weighted by molar-refractivity contribution is 7.45. The molecule has 1 aliphatic rings. The molecular formula is C48H80NO11P. The van der Waals surface area contributed by atoms with Gasteiger partial charge in [0.05, 0.1) is 46.1 Å². The minimum atomic E-state index is -4.71. The monoisotopic (exact) mass is 878 g/mol. The van der Waals surface area contributed by atoms with Gasteiger partial charge in [-0.1, -0.05) is 118 Å². The van der Waals surface area contributed by atoms with Crippen molar-refractivity contribution in [3.05, 3.63) is 85.1 Å². The van der Waals surface area contributed by atoms with Crippen molar-refractivity contribution in [1.82, 2.24) is 0 Å². The molecule has 3 N–H and O–H groups in total. The highest BCUT2D eigenvalue weighted by atomic mass is 31.2. The first-order chi connectivity index (χ1) is 29.2. The van der Waals surface area contributed by atoms with E-state index in [0.717, 1.165) is 51.4 Å². The zero-order valence-corrected chi connectivity index (χ0v) is 38.8. The second-order valence-corrected chi connectivity index (χ2v) is 18.1. The topological polar surface area (TPSA) is 172 Å². The summed E-state index contributed by atoms with van der Waals surface area (Å²) >= 11 is 0. The zero-order chi connectivity index (χ0) is 45.2. The SMILES string of the molecule is CC/C=C\C/C=C\C/C=C\C/C=C\C/C=C\CCCC(=O)OC[C@H](COP(=O)([O-])OCC[N+](C)(C)C)OC(=O)CCC/C=C/C[C@@H]1[C@@H](/C=C/[C@@H](O)CCCCC)[C@H](O)C[C@@H]1O. The van der Waals surface area contributed by atoms with E-state index in [1.807, 2.05) is 51.5 Å². The van der Waals surface area contributed by atoms with Crippen molar-refractivity contribution in [2.24, 2.45) is 11.8 Å². The average molecular weight is 878 g/mol. The van der Waals surface area contributed by atoms with Gasteiger partial charge in [0, 0.05) is 25.2 Å². The number of aliphatic hydroxyl groups excluding tert-OH is 3. The standard InChI is InChI=1S/C48H80NO11P/c1-6-8-10-11-12-13-14-15-16-17-18-19-20-21-22-23-28-32-47(53)57-39-42(40-59-61(55,56)58-37-36-49(3,4)5)60-48(54)33-29-25-24-27-31-43-44(46(52)38-45(43)51)35-34-41(50)30-26-9-7-2/h8,10,12-13,15-16,18-19,21-22,24,27,34-35,41-46,50-52H,6-7,9,11,14,17,20,23,25-26,28-33,36-40H2,1-5H3/b10-8-,13-12-,16-15-,19-18-,22-21-,27-24+,35-34+/t41-,42+,43+,44+,45-,46+/m0/s1. The van der Waals surface area contributed by atoms with Crippen molar-refractivity contribution >= 4 is 19.8 Å². The maximum Gasteiger partial charge on any atom is 0.306 e. The van der Waals surface area contributed by atoms with Gasteiger partial charge in [-0.25, -0.2) is 0 Å². The molecule has 12 nitrogen and oxygen atoms in total. The summed E-state index contributed by atoms with van der Waals surface area (Å²) in [5.74, 6) is -1.55. The molecule has 0 bridgehead atoms. The van der Waals surface area contributed by atoms with Crippen molar-refractivity contribution in [2.75, 3.05) is 47.5 Å². The summed E-state index contributed by atoms with van der Waals surface area (Å²) in [5, 5.41) is 31.4. The van der Waals surface area contributed by atoms with Gasteiger partial charge in [0.25, 0.3) is 7.82 Å². The van der Waals surface area contributed by atoms with Gasteiger partial charge >= 0.3 is 11.9 Å². The highest BCUT2D eigenvalue weighted by Crippen LogP contribution is 2.38. The molecule has 0 amide bonds. The third-order valence-electron chi connectivity index (χ3n) is 9.97. The van der Waals surface area contributed by atoms with Crippen molar-refractivity contribution in [1.29, 1.82) is 0 Å². The Morgan fingerprint density at radius 1 is 0.754 bits per heavy atom. The molecule has 1 rings (SSSR count). The second kappa shape index (κ2) is 34.5. The van der Waals surface area contributed by atoms with Crippen LogP contribution >= 0.6 is 7.82 Å². The molecule has 348 valence electrons. The number of hydrogen-bond acceptors (Lipinski definition) is 11. The van der Waals surface area contributed by atoms with Crippen LogP contribution in [0.15, 0.2) is 85.1 Å². The smallest absolute Gasteiger partial charge is 0.306 e. The lowest BCUT2D eigenvalue weighted by molar-refractivity contribution is -0.870. The lowest BCUT2D eigenvalue weighted by Crippen LogP contribution is -2.37. The van der Waals surface area contributed by atoms with E-state index in [0.29, 0.717) is 49.6 Å². The summed E-state index contributed by atoms with van der Waals surface area (Å²) in [6.45, 7) is 3.63. The number of aliphatic hydroxyl groups is 3. The third-order valence-corrected chi connectivity index (χ3v) is 10.9. The molecule has 1 aliphatic carbocycles. The van der Waals surface area contributed by atoms with Crippen LogP contribution in [0.5, 0.6) is 0 Å². The van der Waals surface area contributed by atoms with Crippen LogP contribution in [0.3, 0.4) is 0 Å². The zero-order valence-electron chi connectivity index (χ0n) is 37.9. The number of allylic oxidation sites excluding steroid dienone is 12. The molecular weight excluding hydrogens is 797 g/mol. The van der Waals surface area contributed by atoms with Gasteiger partial charge in [0.15, 0.2) is 6.10 Å². The Balaban J connectivity index is 2.55. The average Bonchev–Trinajstić information content (AvgIpc) is 3.47. The minimum absolute atomic E-state index is 0.0309. The van der Waals surface area contributed by atoms with Gasteiger partial charge in [0.2, 0.25) is 0 Å². The van der Waals surface area contributed by atoms with Gasteiger partial charge in [-0.3, -0.25) is 14.2 Å². The second-order valence-electron chi connectivity index (χ2n) is 16.6. The molecule has 13 heteroatoms. The molecule has 0 aromatic heterocycles. The maximum absolute atomic E-state index is 12.8. The van der Waals surface area contributed by atoms with Crippen molar-refractivity contribution < 1.29 is 57.4 Å². The summed E-state index contributed by atoms with van der Waals surface area (Å²) in [7, 11) is 0.970. The maximum atomic E-state index is 12.8. The van der Waals surface area contributed by atoms with E-state index >= 15 is 0 Å². The first kappa shape index (κ1) is 56.1. The number of hydrogen-bond donors (Lipinski definition) is 3. The summed E-state index contributed by atoms with van der Waals surface area (Å²) < 4.78 is 33.8. The number of phosphoric ester groups is 1. The number of ether oxygens (including phenoxy) is 2. The summed E-state index contributed by atoms with van der Waals surface area (Å²) in [4.78, 5) is 37.7. The van der Waals surface area contributed by atoms with Gasteiger partial charge in [-0.15, -0.1) is 0 Å². The molecule has 0 aromatic rings. The van der Waals surface area contributed by atoms with E-state index < -0.39 is 50.8 Å². The number of likely N-dealkylation sites (N-methyl/N-ethyl adjacent to an activating group) is 1. The fourth-order valence-electron chi connectivity index (χ4n) is 6.39. The number of unbranched alkanes of at least 4 members (excludes halogenated alkanes) is 4. The number of esters is 2. The van der Waals surface area contributed by atoms with Crippen LogP contribution in [0.1, 0.15) is 123 Å². The van der Waals surface area contributed by atoms with Crippen LogP contribution in [0, 0.1) is 11.8 Å². The van der Waals surface area contributed by atoms with Crippen molar-refractivity contribution in [3.63, 3.8) is 0 Å². The van der Waals surface area contributed by atoms with Crippen LogP contribution in [0.2, 0.25) is 0 Å². The van der Waals surface area contributed by atoms with E-state index in [2.05, 4.69) is 62.5 Å². The third kappa shape index (κ3) is 31.5. The number of phosphoric acid groups is 1. The van der Waals surface area contributed by atoms with E-state index in [-0.39, 0.29) is 44.3 Å². The molecule has 61 heavy (non-hydrogen) atoms. The molecule has 0 aliphatic heterocycles. The predicted octanol–water partition coefficient (Wildman–Crippen LogP) is 8.54. The quantitative estimate of drug-likeness (QED) is 0.0183. The first-order valence-corrected chi connectivity index (χ1v) is 24.0. The van der Waals surface area contributed by atoms with E-state index in [1.54, 1.807) is 6.08 Å². The number of rotatable bonds is 35. The largest absolute Gasteiger partial charge is 0.756 e. The van der Waals surface area contributed by atoms with Crippen LogP contribution < -0.4 is 4.89 Å². The van der Waals surface area contributed by atoms with Gasteiger partial charge < -0.3 is 43.2 Å². The molecule has 0 heterocycles.